The molecule has 1 heterocycles. The minimum absolute atomic E-state index is 0.0256. The zero-order valence-corrected chi connectivity index (χ0v) is 9.83. The molecule has 2 rings (SSSR count). The first-order valence-corrected chi connectivity index (χ1v) is 6.20. The number of benzene rings is 1. The number of hydrogen-bond acceptors (Lipinski definition) is 4. The molecule has 3 nitrogen and oxygen atoms in total. The van der Waals surface area contributed by atoms with Gasteiger partial charge < -0.3 is 4.42 Å². The molecule has 0 saturated carbocycles. The van der Waals surface area contributed by atoms with Gasteiger partial charge in [0, 0.05) is 10.5 Å². The highest BCUT2D eigenvalue weighted by molar-refractivity contribution is 7.98. The number of nitrogens with two attached hydrogens (primary N) is 1. The summed E-state index contributed by atoms with van der Waals surface area (Å²) < 4.78 is 5.09. The maximum atomic E-state index is 5.62. The van der Waals surface area contributed by atoms with Crippen LogP contribution in [-0.2, 0) is 0 Å². The molecular weight excluding hydrogens is 220 g/mol. The molecule has 0 fully saturated rings. The van der Waals surface area contributed by atoms with E-state index in [9.17, 15) is 0 Å². The van der Waals surface area contributed by atoms with Crippen LogP contribution < -0.4 is 11.3 Å². The second-order valence-corrected chi connectivity index (χ2v) is 4.25. The van der Waals surface area contributed by atoms with Gasteiger partial charge in [-0.25, -0.2) is 5.43 Å². The van der Waals surface area contributed by atoms with Crippen LogP contribution in [0.2, 0.25) is 0 Å². The fourth-order valence-electron chi connectivity index (χ4n) is 1.71. The third-order valence-electron chi connectivity index (χ3n) is 2.49. The molecule has 84 valence electrons. The highest BCUT2D eigenvalue weighted by Gasteiger charge is 2.16. The lowest BCUT2D eigenvalue weighted by Crippen LogP contribution is -2.28. The Labute approximate surface area is 99.0 Å². The van der Waals surface area contributed by atoms with Gasteiger partial charge >= 0.3 is 0 Å². The Kier molecular flexibility index (Phi) is 3.66. The Hall–Kier alpha value is -1.23. The van der Waals surface area contributed by atoms with Crippen molar-refractivity contribution in [1.29, 1.82) is 0 Å². The van der Waals surface area contributed by atoms with E-state index in [0.29, 0.717) is 0 Å². The maximum absolute atomic E-state index is 5.62. The highest BCUT2D eigenvalue weighted by Crippen LogP contribution is 2.29. The molecule has 0 spiro atoms. The summed E-state index contributed by atoms with van der Waals surface area (Å²) in [6.45, 7) is 0. The van der Waals surface area contributed by atoms with E-state index in [1.807, 2.05) is 18.2 Å². The van der Waals surface area contributed by atoms with Crippen molar-refractivity contribution < 1.29 is 4.42 Å². The van der Waals surface area contributed by atoms with Crippen LogP contribution >= 0.6 is 11.8 Å². The largest absolute Gasteiger partial charge is 0.472 e. The number of furan rings is 1. The molecule has 2 aromatic rings. The van der Waals surface area contributed by atoms with Crippen LogP contribution in [0.4, 0.5) is 0 Å². The van der Waals surface area contributed by atoms with Crippen LogP contribution in [-0.4, -0.2) is 6.26 Å². The summed E-state index contributed by atoms with van der Waals surface area (Å²) in [6, 6.07) is 10.1. The molecular formula is C12H14N2OS. The van der Waals surface area contributed by atoms with Crippen molar-refractivity contribution in [3.63, 3.8) is 0 Å². The van der Waals surface area contributed by atoms with Crippen LogP contribution in [0.25, 0.3) is 0 Å². The predicted octanol–water partition coefficient (Wildman–Crippen LogP) is 2.55. The van der Waals surface area contributed by atoms with Gasteiger partial charge in [0.25, 0.3) is 0 Å². The third kappa shape index (κ3) is 2.14. The Morgan fingerprint density at radius 1 is 1.31 bits per heavy atom. The van der Waals surface area contributed by atoms with Crippen LogP contribution in [0.3, 0.4) is 0 Å². The van der Waals surface area contributed by atoms with E-state index < -0.39 is 0 Å². The summed E-state index contributed by atoms with van der Waals surface area (Å²) in [5.41, 5.74) is 5.02. The van der Waals surface area contributed by atoms with Gasteiger partial charge in [-0.3, -0.25) is 5.84 Å². The maximum Gasteiger partial charge on any atom is 0.0954 e. The highest BCUT2D eigenvalue weighted by atomic mass is 32.2. The number of rotatable bonds is 4. The zero-order chi connectivity index (χ0) is 11.4. The van der Waals surface area contributed by atoms with Crippen LogP contribution in [0.15, 0.2) is 52.2 Å². The van der Waals surface area contributed by atoms with Crippen molar-refractivity contribution in [2.75, 3.05) is 6.26 Å². The van der Waals surface area contributed by atoms with E-state index >= 15 is 0 Å². The van der Waals surface area contributed by atoms with E-state index in [1.165, 1.54) is 10.5 Å². The van der Waals surface area contributed by atoms with Crippen molar-refractivity contribution >= 4 is 11.8 Å². The van der Waals surface area contributed by atoms with E-state index in [1.54, 1.807) is 24.3 Å². The monoisotopic (exact) mass is 234 g/mol. The predicted molar refractivity (Wildman–Crippen MR) is 66.1 cm³/mol. The normalized spacial score (nSPS) is 12.6. The fourth-order valence-corrected chi connectivity index (χ4v) is 2.35. The summed E-state index contributed by atoms with van der Waals surface area (Å²) in [7, 11) is 0. The molecule has 1 unspecified atom stereocenters. The summed E-state index contributed by atoms with van der Waals surface area (Å²) in [4.78, 5) is 1.21. The second kappa shape index (κ2) is 5.21. The van der Waals surface area contributed by atoms with Crippen LogP contribution in [0.1, 0.15) is 17.2 Å². The van der Waals surface area contributed by atoms with Crippen molar-refractivity contribution in [2.45, 2.75) is 10.9 Å². The Morgan fingerprint density at radius 2 is 2.12 bits per heavy atom. The van der Waals surface area contributed by atoms with E-state index in [0.717, 1.165) is 5.56 Å². The van der Waals surface area contributed by atoms with Gasteiger partial charge in [-0.2, -0.15) is 0 Å². The molecule has 3 N–H and O–H groups in total. The lowest BCUT2D eigenvalue weighted by atomic mass is 10.0. The minimum Gasteiger partial charge on any atom is -0.472 e. The Balaban J connectivity index is 2.41. The van der Waals surface area contributed by atoms with Crippen LogP contribution in [0.5, 0.6) is 0 Å². The third-order valence-corrected chi connectivity index (χ3v) is 3.30. The fraction of sp³-hybridized carbons (Fsp3) is 0.167. The molecule has 0 radical (unpaired) electrons. The molecule has 1 aromatic carbocycles. The van der Waals surface area contributed by atoms with E-state index in [4.69, 9.17) is 10.3 Å². The van der Waals surface area contributed by atoms with Gasteiger partial charge in [0.05, 0.1) is 18.6 Å². The molecule has 0 saturated heterocycles. The van der Waals surface area contributed by atoms with E-state index in [-0.39, 0.29) is 6.04 Å². The Bertz CT molecular complexity index is 442. The summed E-state index contributed by atoms with van der Waals surface area (Å²) in [5, 5.41) is 0. The van der Waals surface area contributed by atoms with Crippen LogP contribution in [0, 0.1) is 0 Å². The molecule has 1 atom stereocenters. The first-order valence-electron chi connectivity index (χ1n) is 4.98. The molecule has 1 aromatic heterocycles. The van der Waals surface area contributed by atoms with Crippen molar-refractivity contribution in [1.82, 2.24) is 5.43 Å². The molecule has 0 bridgehead atoms. The second-order valence-electron chi connectivity index (χ2n) is 3.40. The average molecular weight is 234 g/mol. The lowest BCUT2D eigenvalue weighted by Gasteiger charge is -2.17. The number of hydrazine groups is 1. The summed E-state index contributed by atoms with van der Waals surface area (Å²) in [6.07, 6.45) is 5.42. The first kappa shape index (κ1) is 11.3. The topological polar surface area (TPSA) is 51.2 Å². The average Bonchev–Trinajstić information content (AvgIpc) is 2.84. The molecule has 0 aliphatic rings. The quantitative estimate of drug-likeness (QED) is 0.485. The summed E-state index contributed by atoms with van der Waals surface area (Å²) in [5.74, 6) is 5.62. The van der Waals surface area contributed by atoms with Crippen molar-refractivity contribution in [3.8, 4) is 0 Å². The molecule has 16 heavy (non-hydrogen) atoms. The van der Waals surface area contributed by atoms with Crippen molar-refractivity contribution in [3.05, 3.63) is 54.0 Å². The molecule has 0 aliphatic carbocycles. The smallest absolute Gasteiger partial charge is 0.0954 e. The molecule has 0 aliphatic heterocycles. The zero-order valence-electron chi connectivity index (χ0n) is 9.01. The summed E-state index contributed by atoms with van der Waals surface area (Å²) >= 11 is 1.71. The van der Waals surface area contributed by atoms with Gasteiger partial charge in [-0.15, -0.1) is 11.8 Å². The SMILES string of the molecule is CSc1ccccc1C(NN)c1ccoc1. The van der Waals surface area contributed by atoms with Gasteiger partial charge in [0.2, 0.25) is 0 Å². The lowest BCUT2D eigenvalue weighted by molar-refractivity contribution is 0.552. The number of thioether (sulfide) groups is 1. The molecule has 0 amide bonds. The molecule has 4 heteroatoms. The minimum atomic E-state index is -0.0256. The van der Waals surface area contributed by atoms with Gasteiger partial charge in [0.15, 0.2) is 0 Å². The number of nitrogens with one attached hydrogen (secondary N) is 1. The van der Waals surface area contributed by atoms with E-state index in [2.05, 4.69) is 23.8 Å². The standard InChI is InChI=1S/C12H14N2OS/c1-16-11-5-3-2-4-10(11)12(14-13)9-6-7-15-8-9/h2-8,12,14H,13H2,1H3. The van der Waals surface area contributed by atoms with Gasteiger partial charge in [-0.1, -0.05) is 18.2 Å². The van der Waals surface area contributed by atoms with Gasteiger partial charge in [-0.05, 0) is 24.0 Å². The van der Waals surface area contributed by atoms with Crippen molar-refractivity contribution in [2.24, 2.45) is 5.84 Å². The first-order chi connectivity index (χ1) is 7.86. The number of hydrogen-bond donors (Lipinski definition) is 2. The van der Waals surface area contributed by atoms with Gasteiger partial charge in [0.1, 0.15) is 0 Å². The Morgan fingerprint density at radius 3 is 2.75 bits per heavy atom.